The second-order valence-corrected chi connectivity index (χ2v) is 12.8. The Hall–Kier alpha value is -5.00. The average Bonchev–Trinajstić information content (AvgIpc) is 3.65. The van der Waals surface area contributed by atoms with Gasteiger partial charge in [-0.3, -0.25) is 14.5 Å². The summed E-state index contributed by atoms with van der Waals surface area (Å²) >= 11 is 0. The first-order valence-electron chi connectivity index (χ1n) is 16.1. The number of fused-ring (bicyclic) bond motifs is 2. The molecule has 0 unspecified atom stereocenters. The van der Waals surface area contributed by atoms with Crippen molar-refractivity contribution in [1.29, 1.82) is 0 Å². The van der Waals surface area contributed by atoms with Crippen LogP contribution in [0.1, 0.15) is 61.3 Å². The normalized spacial score (nSPS) is 18.0. The number of hydrogen-bond donors (Lipinski definition) is 5. The summed E-state index contributed by atoms with van der Waals surface area (Å²) in [5, 5.41) is 35.2. The molecule has 0 bridgehead atoms. The zero-order valence-corrected chi connectivity index (χ0v) is 27.2. The highest BCUT2D eigenvalue weighted by atomic mass is 16.4. The standard InChI is InChI=1S/C31H34N4.C6H8O7/c1-34(2)31(24-10-4-3-5-11-24)19-16-23(17-20-31)30-26(25-12-6-7-13-27(25)33-30)18-21-35-22-32-28-14-8-9-15-29(28)35;7-3(8)1-6(13,5(11)12)2-4(9)10/h3-15,22-23,33H,16-21H2,1-2H3;13H,1-2H2,(H,7,8)(H,9,10)(H,11,12). The Bertz CT molecular complexity index is 1870. The summed E-state index contributed by atoms with van der Waals surface area (Å²) in [6, 6.07) is 28.4. The second-order valence-electron chi connectivity index (χ2n) is 12.8. The number of imidazole rings is 1. The molecule has 5 N–H and O–H groups in total. The molecule has 0 atom stereocenters. The van der Waals surface area contributed by atoms with E-state index in [1.807, 2.05) is 6.33 Å². The molecule has 2 aromatic heterocycles. The molecule has 11 heteroatoms. The molecule has 0 spiro atoms. The maximum Gasteiger partial charge on any atom is 0.336 e. The van der Waals surface area contributed by atoms with Crippen LogP contribution >= 0.6 is 0 Å². The van der Waals surface area contributed by atoms with Crippen LogP contribution in [0.15, 0.2) is 85.2 Å². The second kappa shape index (κ2) is 14.4. The lowest BCUT2D eigenvalue weighted by molar-refractivity contribution is -0.170. The molecule has 11 nitrogen and oxygen atoms in total. The number of nitrogens with one attached hydrogen (secondary N) is 1. The van der Waals surface area contributed by atoms with Gasteiger partial charge in [0.05, 0.1) is 30.2 Å². The molecule has 0 amide bonds. The van der Waals surface area contributed by atoms with Crippen molar-refractivity contribution in [2.75, 3.05) is 14.1 Å². The van der Waals surface area contributed by atoms with Gasteiger partial charge in [-0.2, -0.15) is 0 Å². The van der Waals surface area contributed by atoms with E-state index in [1.165, 1.54) is 58.9 Å². The predicted octanol–water partition coefficient (Wildman–Crippen LogP) is 5.63. The van der Waals surface area contributed by atoms with Crippen LogP contribution in [-0.2, 0) is 32.9 Å². The Kier molecular flexibility index (Phi) is 10.3. The highest BCUT2D eigenvalue weighted by Gasteiger charge is 2.41. The lowest BCUT2D eigenvalue weighted by Gasteiger charge is -2.45. The van der Waals surface area contributed by atoms with Crippen LogP contribution in [0.5, 0.6) is 0 Å². The van der Waals surface area contributed by atoms with E-state index in [1.54, 1.807) is 0 Å². The first-order chi connectivity index (χ1) is 22.9. The van der Waals surface area contributed by atoms with Crippen molar-refractivity contribution in [3.05, 3.63) is 102 Å². The number of aromatic amines is 1. The third kappa shape index (κ3) is 7.27. The van der Waals surface area contributed by atoms with Gasteiger partial charge in [0.25, 0.3) is 0 Å². The summed E-state index contributed by atoms with van der Waals surface area (Å²) in [6.07, 6.45) is 5.45. The van der Waals surface area contributed by atoms with E-state index in [0.717, 1.165) is 18.5 Å². The number of carboxylic acid groups (broad SMARTS) is 3. The zero-order chi connectivity index (χ0) is 34.5. The van der Waals surface area contributed by atoms with Crippen LogP contribution in [0, 0.1) is 0 Å². The molecule has 5 aromatic rings. The third-order valence-corrected chi connectivity index (χ3v) is 9.65. The molecule has 1 aliphatic rings. The Morgan fingerprint density at radius 3 is 2.12 bits per heavy atom. The molecule has 3 aromatic carbocycles. The third-order valence-electron chi connectivity index (χ3n) is 9.65. The fourth-order valence-corrected chi connectivity index (χ4v) is 7.10. The molecule has 1 aliphatic carbocycles. The number of H-pyrrole nitrogens is 1. The number of benzene rings is 3. The fraction of sp³-hybridized carbons (Fsp3) is 0.351. The number of nitrogens with zero attached hydrogens (tertiary/aromatic N) is 3. The largest absolute Gasteiger partial charge is 0.481 e. The minimum atomic E-state index is -2.74. The summed E-state index contributed by atoms with van der Waals surface area (Å²) in [6.45, 7) is 0.938. The minimum absolute atomic E-state index is 0.125. The molecular formula is C37H42N4O7. The Labute approximate surface area is 278 Å². The Morgan fingerprint density at radius 2 is 1.50 bits per heavy atom. The molecule has 2 heterocycles. The smallest absolute Gasteiger partial charge is 0.336 e. The van der Waals surface area contributed by atoms with E-state index in [9.17, 15) is 14.4 Å². The molecule has 6 rings (SSSR count). The van der Waals surface area contributed by atoms with Gasteiger partial charge in [-0.05, 0) is 81.4 Å². The van der Waals surface area contributed by atoms with Gasteiger partial charge < -0.3 is 30.0 Å². The molecule has 252 valence electrons. The topological polar surface area (TPSA) is 169 Å². The van der Waals surface area contributed by atoms with Crippen LogP contribution in [0.25, 0.3) is 21.9 Å². The number of aliphatic carboxylic acids is 3. The van der Waals surface area contributed by atoms with Crippen molar-refractivity contribution in [1.82, 2.24) is 19.4 Å². The Morgan fingerprint density at radius 1 is 0.896 bits per heavy atom. The van der Waals surface area contributed by atoms with Gasteiger partial charge in [0.2, 0.25) is 0 Å². The van der Waals surface area contributed by atoms with Gasteiger partial charge in [0.1, 0.15) is 0 Å². The molecule has 0 aliphatic heterocycles. The van der Waals surface area contributed by atoms with Crippen molar-refractivity contribution in [3.63, 3.8) is 0 Å². The summed E-state index contributed by atoms with van der Waals surface area (Å²) in [5.41, 5.74) is 5.33. The SMILES string of the molecule is CN(C)C1(c2ccccc2)CCC(c2[nH]c3ccccc3c2CCn2cnc3ccccc32)CC1.O=C(O)CC(O)(CC(=O)O)C(=O)O. The van der Waals surface area contributed by atoms with Crippen LogP contribution in [0.4, 0.5) is 0 Å². The highest BCUT2D eigenvalue weighted by Crippen LogP contribution is 2.47. The number of carboxylic acids is 3. The number of aryl methyl sites for hydroxylation is 2. The van der Waals surface area contributed by atoms with E-state index in [2.05, 4.69) is 112 Å². The zero-order valence-electron chi connectivity index (χ0n) is 27.2. The maximum absolute atomic E-state index is 10.3. The number of aliphatic hydroxyl groups is 1. The number of rotatable bonds is 11. The molecule has 1 saturated carbocycles. The van der Waals surface area contributed by atoms with Crippen LogP contribution in [0.2, 0.25) is 0 Å². The first-order valence-corrected chi connectivity index (χ1v) is 16.1. The van der Waals surface area contributed by atoms with Crippen molar-refractivity contribution >= 4 is 39.8 Å². The summed E-state index contributed by atoms with van der Waals surface area (Å²) in [7, 11) is 4.49. The van der Waals surface area contributed by atoms with Crippen molar-refractivity contribution in [3.8, 4) is 0 Å². The van der Waals surface area contributed by atoms with Crippen LogP contribution in [-0.4, -0.2) is 77.5 Å². The average molecular weight is 655 g/mol. The van der Waals surface area contributed by atoms with Crippen molar-refractivity contribution in [2.24, 2.45) is 0 Å². The number of para-hydroxylation sites is 3. The van der Waals surface area contributed by atoms with Crippen LogP contribution < -0.4 is 0 Å². The van der Waals surface area contributed by atoms with Gasteiger partial charge in [0.15, 0.2) is 5.60 Å². The fourth-order valence-electron chi connectivity index (χ4n) is 7.10. The minimum Gasteiger partial charge on any atom is -0.481 e. The molecular weight excluding hydrogens is 612 g/mol. The van der Waals surface area contributed by atoms with E-state index in [-0.39, 0.29) is 5.54 Å². The van der Waals surface area contributed by atoms with Gasteiger partial charge in [-0.1, -0.05) is 60.7 Å². The maximum atomic E-state index is 10.3. The molecule has 0 radical (unpaired) electrons. The van der Waals surface area contributed by atoms with E-state index in [0.29, 0.717) is 5.92 Å². The van der Waals surface area contributed by atoms with Crippen molar-refractivity contribution in [2.45, 2.75) is 68.5 Å². The van der Waals surface area contributed by atoms with Crippen LogP contribution in [0.3, 0.4) is 0 Å². The number of aromatic nitrogens is 3. The number of hydrogen-bond acceptors (Lipinski definition) is 6. The quantitative estimate of drug-likeness (QED) is 0.121. The van der Waals surface area contributed by atoms with Crippen molar-refractivity contribution < 1.29 is 34.8 Å². The van der Waals surface area contributed by atoms with E-state index < -0.39 is 36.4 Å². The predicted molar refractivity (Wildman–Crippen MR) is 182 cm³/mol. The first kappa shape index (κ1) is 34.3. The summed E-state index contributed by atoms with van der Waals surface area (Å²) in [5.74, 6) is -4.46. The molecule has 1 fully saturated rings. The van der Waals surface area contributed by atoms with Gasteiger partial charge in [-0.25, -0.2) is 9.78 Å². The highest BCUT2D eigenvalue weighted by molar-refractivity contribution is 5.88. The molecule has 0 saturated heterocycles. The number of carbonyl (C=O) groups is 3. The van der Waals surface area contributed by atoms with E-state index in [4.69, 9.17) is 20.4 Å². The lowest BCUT2D eigenvalue weighted by atomic mass is 9.70. The van der Waals surface area contributed by atoms with E-state index >= 15 is 0 Å². The summed E-state index contributed by atoms with van der Waals surface area (Å²) < 4.78 is 2.30. The Balaban J connectivity index is 0.000000296. The van der Waals surface area contributed by atoms with Gasteiger partial charge >= 0.3 is 17.9 Å². The summed E-state index contributed by atoms with van der Waals surface area (Å²) in [4.78, 5) is 41.4. The monoisotopic (exact) mass is 654 g/mol. The van der Waals surface area contributed by atoms with Gasteiger partial charge in [-0.15, -0.1) is 0 Å². The lowest BCUT2D eigenvalue weighted by Crippen LogP contribution is -2.44. The molecule has 48 heavy (non-hydrogen) atoms. The van der Waals surface area contributed by atoms with Gasteiger partial charge in [0, 0.05) is 28.7 Å².